The van der Waals surface area contributed by atoms with E-state index in [-0.39, 0.29) is 18.1 Å². The van der Waals surface area contributed by atoms with Crippen LogP contribution in [0.25, 0.3) is 22.0 Å². The molecule has 6 nitrogen and oxygen atoms in total. The number of nitrogens with one attached hydrogen (secondary N) is 1. The molecule has 158 valence electrons. The monoisotopic (exact) mass is 407 g/mol. The highest BCUT2D eigenvalue weighted by Gasteiger charge is 2.25. The molecule has 6 heteroatoms. The van der Waals surface area contributed by atoms with Gasteiger partial charge in [-0.05, 0) is 51.3 Å². The number of aromatic nitrogens is 1. The van der Waals surface area contributed by atoms with E-state index in [1.54, 1.807) is 19.1 Å². The Balaban J connectivity index is 2.31. The number of methoxy groups -OCH3 is 2. The van der Waals surface area contributed by atoms with Gasteiger partial charge in [0.2, 0.25) is 0 Å². The minimum absolute atomic E-state index is 0.0111. The van der Waals surface area contributed by atoms with E-state index in [0.717, 1.165) is 22.0 Å². The first-order valence-corrected chi connectivity index (χ1v) is 10.1. The number of nitrogens with zero attached hydrogens (tertiary/aromatic N) is 2. The van der Waals surface area contributed by atoms with Crippen LogP contribution in [0.2, 0.25) is 0 Å². The third kappa shape index (κ3) is 4.32. The van der Waals surface area contributed by atoms with E-state index in [9.17, 15) is 4.79 Å². The third-order valence-electron chi connectivity index (χ3n) is 4.76. The Morgan fingerprint density at radius 1 is 0.967 bits per heavy atom. The minimum atomic E-state index is -0.186. The number of carbonyl (C=O) groups excluding carboxylic acids is 1. The van der Waals surface area contributed by atoms with Gasteiger partial charge >= 0.3 is 6.03 Å². The van der Waals surface area contributed by atoms with Crippen LogP contribution in [0, 0.1) is 0 Å². The van der Waals surface area contributed by atoms with E-state index in [1.807, 2.05) is 76.2 Å². The van der Waals surface area contributed by atoms with Gasteiger partial charge in [0, 0.05) is 23.0 Å². The number of rotatable bonds is 6. The van der Waals surface area contributed by atoms with Crippen LogP contribution in [0.1, 0.15) is 27.7 Å². The summed E-state index contributed by atoms with van der Waals surface area (Å²) in [4.78, 5) is 19.7. The Hall–Kier alpha value is -3.28. The minimum Gasteiger partial charge on any atom is -0.493 e. The van der Waals surface area contributed by atoms with Gasteiger partial charge in [-0.15, -0.1) is 0 Å². The SMILES string of the molecule is COc1cc2cc(-c3ccccc3)nc(N(C(=O)NC(C)C)C(C)C)c2cc1OC. The molecule has 2 amide bonds. The molecule has 0 fully saturated rings. The first-order chi connectivity index (χ1) is 14.3. The average Bonchev–Trinajstić information content (AvgIpc) is 2.72. The molecule has 0 unspecified atom stereocenters. The molecule has 0 aliphatic heterocycles. The molecular weight excluding hydrogens is 378 g/mol. The van der Waals surface area contributed by atoms with Crippen molar-refractivity contribution in [1.29, 1.82) is 0 Å². The number of urea groups is 1. The molecule has 1 aromatic heterocycles. The summed E-state index contributed by atoms with van der Waals surface area (Å²) < 4.78 is 11.0. The highest BCUT2D eigenvalue weighted by atomic mass is 16.5. The van der Waals surface area contributed by atoms with E-state index in [1.165, 1.54) is 0 Å². The van der Waals surface area contributed by atoms with Crippen LogP contribution in [-0.2, 0) is 0 Å². The molecule has 0 atom stereocenters. The van der Waals surface area contributed by atoms with Crippen LogP contribution in [-0.4, -0.2) is 37.3 Å². The summed E-state index contributed by atoms with van der Waals surface area (Å²) in [6.45, 7) is 7.83. The zero-order valence-corrected chi connectivity index (χ0v) is 18.4. The van der Waals surface area contributed by atoms with Crippen molar-refractivity contribution in [1.82, 2.24) is 10.3 Å². The zero-order valence-electron chi connectivity index (χ0n) is 18.4. The van der Waals surface area contributed by atoms with Crippen molar-refractivity contribution in [2.24, 2.45) is 0 Å². The van der Waals surface area contributed by atoms with Gasteiger partial charge in [-0.25, -0.2) is 9.78 Å². The lowest BCUT2D eigenvalue weighted by Gasteiger charge is -2.29. The Kier molecular flexibility index (Phi) is 6.45. The van der Waals surface area contributed by atoms with Crippen LogP contribution in [0.5, 0.6) is 11.5 Å². The fourth-order valence-corrected chi connectivity index (χ4v) is 3.39. The van der Waals surface area contributed by atoms with Gasteiger partial charge in [0.15, 0.2) is 11.5 Å². The molecule has 0 saturated carbocycles. The smallest absolute Gasteiger partial charge is 0.323 e. The predicted molar refractivity (Wildman–Crippen MR) is 122 cm³/mol. The maximum Gasteiger partial charge on any atom is 0.323 e. The molecule has 0 bridgehead atoms. The van der Waals surface area contributed by atoms with Gasteiger partial charge in [0.25, 0.3) is 0 Å². The zero-order chi connectivity index (χ0) is 21.8. The molecule has 3 rings (SSSR count). The summed E-state index contributed by atoms with van der Waals surface area (Å²) >= 11 is 0. The molecule has 1 heterocycles. The van der Waals surface area contributed by atoms with E-state index in [0.29, 0.717) is 17.3 Å². The number of amides is 2. The molecule has 0 aliphatic carbocycles. The molecule has 3 aromatic rings. The van der Waals surface area contributed by atoms with Crippen molar-refractivity contribution >= 4 is 22.6 Å². The van der Waals surface area contributed by atoms with Crippen LogP contribution in [0.15, 0.2) is 48.5 Å². The second-order valence-electron chi connectivity index (χ2n) is 7.69. The first-order valence-electron chi connectivity index (χ1n) is 10.1. The standard InChI is InChI=1S/C24H29N3O3/c1-15(2)25-24(28)27(16(3)4)23-19-14-22(30-6)21(29-5)13-18(19)12-20(26-23)17-10-8-7-9-11-17/h7-16H,1-6H3,(H,25,28). The Bertz CT molecular complexity index is 1030. The second-order valence-corrected chi connectivity index (χ2v) is 7.69. The Morgan fingerprint density at radius 2 is 1.60 bits per heavy atom. The molecule has 2 aromatic carbocycles. The lowest BCUT2D eigenvalue weighted by Crippen LogP contribution is -2.47. The van der Waals surface area contributed by atoms with Crippen LogP contribution >= 0.6 is 0 Å². The lowest BCUT2D eigenvalue weighted by molar-refractivity contribution is 0.242. The number of carbonyl (C=O) groups is 1. The number of ether oxygens (including phenoxy) is 2. The van der Waals surface area contributed by atoms with Gasteiger partial charge in [-0.3, -0.25) is 4.90 Å². The third-order valence-corrected chi connectivity index (χ3v) is 4.76. The number of hydrogen-bond acceptors (Lipinski definition) is 4. The lowest BCUT2D eigenvalue weighted by atomic mass is 10.0. The summed E-state index contributed by atoms with van der Waals surface area (Å²) in [5.74, 6) is 1.80. The van der Waals surface area contributed by atoms with E-state index in [4.69, 9.17) is 14.5 Å². The second kappa shape index (κ2) is 9.03. The first kappa shape index (κ1) is 21.4. The van der Waals surface area contributed by atoms with Crippen molar-refractivity contribution in [3.63, 3.8) is 0 Å². The summed E-state index contributed by atoms with van der Waals surface area (Å²) in [5.41, 5.74) is 1.76. The maximum absolute atomic E-state index is 13.1. The normalized spacial score (nSPS) is 11.1. The molecular formula is C24H29N3O3. The molecule has 0 saturated heterocycles. The topological polar surface area (TPSA) is 63.7 Å². The number of pyridine rings is 1. The van der Waals surface area contributed by atoms with E-state index >= 15 is 0 Å². The average molecular weight is 408 g/mol. The van der Waals surface area contributed by atoms with Crippen LogP contribution in [0.4, 0.5) is 10.6 Å². The van der Waals surface area contributed by atoms with Crippen molar-refractivity contribution in [2.45, 2.75) is 39.8 Å². The van der Waals surface area contributed by atoms with Crippen molar-refractivity contribution in [3.05, 3.63) is 48.5 Å². The summed E-state index contributed by atoms with van der Waals surface area (Å²) in [5, 5.41) is 4.72. The van der Waals surface area contributed by atoms with E-state index < -0.39 is 0 Å². The van der Waals surface area contributed by atoms with Gasteiger partial charge < -0.3 is 14.8 Å². The molecule has 0 spiro atoms. The number of benzene rings is 2. The van der Waals surface area contributed by atoms with Gasteiger partial charge in [-0.1, -0.05) is 30.3 Å². The predicted octanol–water partition coefficient (Wildman–Crippen LogP) is 5.25. The number of anilines is 1. The molecule has 1 N–H and O–H groups in total. The Labute approximate surface area is 177 Å². The fraction of sp³-hybridized carbons (Fsp3) is 0.333. The van der Waals surface area contributed by atoms with Gasteiger partial charge in [0.05, 0.1) is 19.9 Å². The highest BCUT2D eigenvalue weighted by Crippen LogP contribution is 2.38. The highest BCUT2D eigenvalue weighted by molar-refractivity contribution is 6.04. The van der Waals surface area contributed by atoms with Gasteiger partial charge in [0.1, 0.15) is 5.82 Å². The van der Waals surface area contributed by atoms with Crippen LogP contribution in [0.3, 0.4) is 0 Å². The summed E-state index contributed by atoms with van der Waals surface area (Å²) in [6, 6.07) is 15.5. The molecule has 0 aliphatic rings. The largest absolute Gasteiger partial charge is 0.493 e. The van der Waals surface area contributed by atoms with E-state index in [2.05, 4.69) is 5.32 Å². The molecule has 30 heavy (non-hydrogen) atoms. The fourth-order valence-electron chi connectivity index (χ4n) is 3.39. The number of hydrogen-bond donors (Lipinski definition) is 1. The quantitative estimate of drug-likeness (QED) is 0.606. The Morgan fingerprint density at radius 3 is 2.17 bits per heavy atom. The molecule has 0 radical (unpaired) electrons. The summed E-state index contributed by atoms with van der Waals surface area (Å²) in [6.07, 6.45) is 0. The summed E-state index contributed by atoms with van der Waals surface area (Å²) in [7, 11) is 3.21. The van der Waals surface area contributed by atoms with Crippen molar-refractivity contribution < 1.29 is 14.3 Å². The van der Waals surface area contributed by atoms with Gasteiger partial charge in [-0.2, -0.15) is 0 Å². The van der Waals surface area contributed by atoms with Crippen molar-refractivity contribution in [2.75, 3.05) is 19.1 Å². The van der Waals surface area contributed by atoms with Crippen molar-refractivity contribution in [3.8, 4) is 22.8 Å². The maximum atomic E-state index is 13.1. The van der Waals surface area contributed by atoms with Crippen LogP contribution < -0.4 is 19.7 Å². The number of fused-ring (bicyclic) bond motifs is 1.